The zero-order chi connectivity index (χ0) is 15.7. The van der Waals surface area contributed by atoms with Crippen LogP contribution in [0.1, 0.15) is 5.56 Å². The van der Waals surface area contributed by atoms with Crippen molar-refractivity contribution in [2.45, 2.75) is 0 Å². The summed E-state index contributed by atoms with van der Waals surface area (Å²) in [7, 11) is 0. The maximum Gasteiger partial charge on any atom is 0.263 e. The molecule has 110 valence electrons. The number of amides is 2. The summed E-state index contributed by atoms with van der Waals surface area (Å²) in [6.07, 6.45) is 2.94. The number of carbonyl (C=O) groups excluding carboxylic acids is 2. The van der Waals surface area contributed by atoms with Gasteiger partial charge in [-0.05, 0) is 36.5 Å². The second kappa shape index (κ2) is 5.86. The van der Waals surface area contributed by atoms with Gasteiger partial charge in [0.15, 0.2) is 5.11 Å². The smallest absolute Gasteiger partial charge is 0.263 e. The summed E-state index contributed by atoms with van der Waals surface area (Å²) in [6, 6.07) is 9.36. The fraction of sp³-hybridized carbons (Fsp3) is 0. The fourth-order valence-electron chi connectivity index (χ4n) is 1.97. The predicted molar refractivity (Wildman–Crippen MR) is 88.7 cm³/mol. The molecule has 2 N–H and O–H groups in total. The van der Waals surface area contributed by atoms with Gasteiger partial charge in [0.1, 0.15) is 11.3 Å². The first kappa shape index (κ1) is 14.7. The van der Waals surface area contributed by atoms with Crippen molar-refractivity contribution in [1.29, 1.82) is 0 Å². The van der Waals surface area contributed by atoms with Gasteiger partial charge in [-0.1, -0.05) is 28.1 Å². The third kappa shape index (κ3) is 3.00. The first-order chi connectivity index (χ1) is 10.5. The number of hydrogen-bond acceptors (Lipinski definition) is 4. The lowest BCUT2D eigenvalue weighted by Gasteiger charge is -2.15. The number of halogens is 1. The summed E-state index contributed by atoms with van der Waals surface area (Å²) in [5.74, 6) is -0.410. The Balaban J connectivity index is 1.89. The van der Waals surface area contributed by atoms with Crippen LogP contribution in [0.3, 0.4) is 0 Å². The molecule has 22 heavy (non-hydrogen) atoms. The van der Waals surface area contributed by atoms with E-state index in [0.29, 0.717) is 11.3 Å². The molecule has 0 unspecified atom stereocenters. The van der Waals surface area contributed by atoms with Crippen LogP contribution in [0.15, 0.2) is 51.1 Å². The van der Waals surface area contributed by atoms with Crippen LogP contribution in [0.25, 0.3) is 17.4 Å². The lowest BCUT2D eigenvalue weighted by molar-refractivity contribution is -0.123. The molecular weight excluding hydrogens is 368 g/mol. The first-order valence-corrected chi connectivity index (χ1v) is 7.46. The van der Waals surface area contributed by atoms with Gasteiger partial charge < -0.3 is 4.42 Å². The molecule has 0 atom stereocenters. The Labute approximate surface area is 139 Å². The van der Waals surface area contributed by atoms with E-state index in [1.54, 1.807) is 6.07 Å². The molecule has 3 rings (SSSR count). The number of carbonyl (C=O) groups is 2. The van der Waals surface area contributed by atoms with Crippen molar-refractivity contribution in [2.75, 3.05) is 0 Å². The van der Waals surface area contributed by atoms with E-state index in [2.05, 4.69) is 26.6 Å². The Bertz CT molecular complexity index is 786. The van der Waals surface area contributed by atoms with E-state index in [-0.39, 0.29) is 10.7 Å². The van der Waals surface area contributed by atoms with Gasteiger partial charge in [0.2, 0.25) is 0 Å². The minimum atomic E-state index is -0.528. The van der Waals surface area contributed by atoms with Crippen molar-refractivity contribution >= 4 is 51.2 Å². The van der Waals surface area contributed by atoms with Crippen LogP contribution in [0.4, 0.5) is 0 Å². The number of hydrogen-bond donors (Lipinski definition) is 2. The predicted octanol–water partition coefficient (Wildman–Crippen LogP) is 2.62. The van der Waals surface area contributed by atoms with Crippen LogP contribution in [0.2, 0.25) is 0 Å². The molecule has 0 radical (unpaired) electrons. The van der Waals surface area contributed by atoms with Crippen molar-refractivity contribution in [3.63, 3.8) is 0 Å². The number of rotatable bonds is 2. The Kier molecular flexibility index (Phi) is 3.91. The SMILES string of the molecule is O=C1NC(=S)NC(=O)C1=Cc1coc(-c2ccc(Br)cc2)c1. The molecule has 1 aliphatic heterocycles. The standard InChI is InChI=1S/C15H9BrN2O3S/c16-10-3-1-9(2-4-10)12-6-8(7-21-12)5-11-13(19)17-15(22)18-14(11)20/h1-7H,(H2,17,18,19,20,22). The van der Waals surface area contributed by atoms with E-state index in [1.807, 2.05) is 24.3 Å². The van der Waals surface area contributed by atoms with E-state index in [0.717, 1.165) is 10.0 Å². The minimum absolute atomic E-state index is 0.00916. The Hall–Kier alpha value is -2.25. The third-order valence-corrected chi connectivity index (χ3v) is 3.74. The summed E-state index contributed by atoms with van der Waals surface area (Å²) in [6.45, 7) is 0. The lowest BCUT2D eigenvalue weighted by Crippen LogP contribution is -2.51. The number of nitrogens with one attached hydrogen (secondary N) is 2. The highest BCUT2D eigenvalue weighted by molar-refractivity contribution is 9.10. The molecule has 1 aromatic carbocycles. The van der Waals surface area contributed by atoms with Crippen LogP contribution >= 0.6 is 28.1 Å². The zero-order valence-corrected chi connectivity index (χ0v) is 13.5. The van der Waals surface area contributed by atoms with Crippen molar-refractivity contribution in [3.8, 4) is 11.3 Å². The monoisotopic (exact) mass is 376 g/mol. The van der Waals surface area contributed by atoms with Gasteiger partial charge in [-0.15, -0.1) is 0 Å². The Morgan fingerprint density at radius 1 is 1.09 bits per heavy atom. The zero-order valence-electron chi connectivity index (χ0n) is 11.1. The molecule has 1 aromatic heterocycles. The van der Waals surface area contributed by atoms with Crippen LogP contribution in [0, 0.1) is 0 Å². The molecule has 1 aliphatic rings. The van der Waals surface area contributed by atoms with Gasteiger partial charge >= 0.3 is 0 Å². The van der Waals surface area contributed by atoms with Crippen molar-refractivity contribution in [2.24, 2.45) is 0 Å². The highest BCUT2D eigenvalue weighted by Crippen LogP contribution is 2.25. The lowest BCUT2D eigenvalue weighted by atomic mass is 10.1. The van der Waals surface area contributed by atoms with Gasteiger partial charge in [-0.25, -0.2) is 0 Å². The average Bonchev–Trinajstić information content (AvgIpc) is 2.92. The number of benzene rings is 1. The molecule has 1 fully saturated rings. The van der Waals surface area contributed by atoms with Gasteiger partial charge in [-0.3, -0.25) is 20.2 Å². The Morgan fingerprint density at radius 2 is 1.73 bits per heavy atom. The van der Waals surface area contributed by atoms with E-state index in [4.69, 9.17) is 16.6 Å². The van der Waals surface area contributed by atoms with E-state index < -0.39 is 11.8 Å². The highest BCUT2D eigenvalue weighted by Gasteiger charge is 2.25. The average molecular weight is 377 g/mol. The van der Waals surface area contributed by atoms with E-state index in [9.17, 15) is 9.59 Å². The second-order valence-corrected chi connectivity index (χ2v) is 5.87. The highest BCUT2D eigenvalue weighted by atomic mass is 79.9. The fourth-order valence-corrected chi connectivity index (χ4v) is 2.41. The van der Waals surface area contributed by atoms with Gasteiger partial charge in [-0.2, -0.15) is 0 Å². The second-order valence-electron chi connectivity index (χ2n) is 4.55. The minimum Gasteiger partial charge on any atom is -0.464 e. The van der Waals surface area contributed by atoms with Crippen molar-refractivity contribution in [1.82, 2.24) is 10.6 Å². The largest absolute Gasteiger partial charge is 0.464 e. The third-order valence-electron chi connectivity index (χ3n) is 3.00. The quantitative estimate of drug-likeness (QED) is 0.480. The van der Waals surface area contributed by atoms with Gasteiger partial charge in [0.25, 0.3) is 11.8 Å². The van der Waals surface area contributed by atoms with Gasteiger partial charge in [0.05, 0.1) is 6.26 Å². The van der Waals surface area contributed by atoms with Crippen LogP contribution in [-0.2, 0) is 9.59 Å². The number of furan rings is 1. The maximum absolute atomic E-state index is 11.8. The van der Waals surface area contributed by atoms with Crippen molar-refractivity contribution in [3.05, 3.63) is 52.2 Å². The summed E-state index contributed by atoms with van der Waals surface area (Å²) in [4.78, 5) is 23.5. The topological polar surface area (TPSA) is 71.3 Å². The summed E-state index contributed by atoms with van der Waals surface area (Å²) in [5.41, 5.74) is 1.49. The van der Waals surface area contributed by atoms with Crippen LogP contribution < -0.4 is 10.6 Å². The molecule has 0 aliphatic carbocycles. The molecule has 2 amide bonds. The Morgan fingerprint density at radius 3 is 2.36 bits per heavy atom. The normalized spacial score (nSPS) is 14.6. The summed E-state index contributed by atoms with van der Waals surface area (Å²) < 4.78 is 6.44. The first-order valence-electron chi connectivity index (χ1n) is 6.26. The molecule has 0 spiro atoms. The molecule has 0 bridgehead atoms. The molecule has 2 aromatic rings. The maximum atomic E-state index is 11.8. The van der Waals surface area contributed by atoms with Crippen molar-refractivity contribution < 1.29 is 14.0 Å². The number of thiocarbonyl (C=S) groups is 1. The molecular formula is C15H9BrN2O3S. The van der Waals surface area contributed by atoms with E-state index >= 15 is 0 Å². The summed E-state index contributed by atoms with van der Waals surface area (Å²) >= 11 is 8.11. The summed E-state index contributed by atoms with van der Waals surface area (Å²) in [5, 5.41) is 4.77. The van der Waals surface area contributed by atoms with Gasteiger partial charge in [0, 0.05) is 15.6 Å². The van der Waals surface area contributed by atoms with Crippen LogP contribution in [-0.4, -0.2) is 16.9 Å². The molecule has 1 saturated heterocycles. The van der Waals surface area contributed by atoms with Crippen LogP contribution in [0.5, 0.6) is 0 Å². The molecule has 2 heterocycles. The van der Waals surface area contributed by atoms with E-state index in [1.165, 1.54) is 12.3 Å². The molecule has 0 saturated carbocycles. The molecule has 7 heteroatoms. The molecule has 5 nitrogen and oxygen atoms in total.